The van der Waals surface area contributed by atoms with Gasteiger partial charge in [-0.2, -0.15) is 0 Å². The maximum absolute atomic E-state index is 12.2. The first kappa shape index (κ1) is 22.2. The molecular formula is C21H27ClN2O3S. The highest BCUT2D eigenvalue weighted by molar-refractivity contribution is 7.92. The second-order valence-corrected chi connectivity index (χ2v) is 9.28. The molecule has 28 heavy (non-hydrogen) atoms. The molecule has 0 fully saturated rings. The van der Waals surface area contributed by atoms with Gasteiger partial charge in [-0.25, -0.2) is 8.42 Å². The Morgan fingerprint density at radius 3 is 2.36 bits per heavy atom. The van der Waals surface area contributed by atoms with E-state index in [9.17, 15) is 13.2 Å². The number of amides is 1. The van der Waals surface area contributed by atoms with E-state index in [-0.39, 0.29) is 18.9 Å². The van der Waals surface area contributed by atoms with Crippen LogP contribution in [0, 0.1) is 13.8 Å². The predicted octanol–water partition coefficient (Wildman–Crippen LogP) is 3.86. The quantitative estimate of drug-likeness (QED) is 0.667. The lowest BCUT2D eigenvalue weighted by Crippen LogP contribution is -2.32. The van der Waals surface area contributed by atoms with E-state index in [4.69, 9.17) is 11.6 Å². The van der Waals surface area contributed by atoms with Gasteiger partial charge < -0.3 is 5.32 Å². The Balaban J connectivity index is 1.83. The number of nitrogens with one attached hydrogen (secondary N) is 1. The lowest BCUT2D eigenvalue weighted by atomic mass is 10.1. The molecule has 0 aliphatic carbocycles. The van der Waals surface area contributed by atoms with Gasteiger partial charge in [0.2, 0.25) is 15.9 Å². The Labute approximate surface area is 172 Å². The van der Waals surface area contributed by atoms with Gasteiger partial charge in [-0.15, -0.1) is 0 Å². The van der Waals surface area contributed by atoms with Crippen molar-refractivity contribution in [2.75, 3.05) is 23.7 Å². The molecule has 1 amide bonds. The standard InChI is InChI=1S/C21H27ClN2O3S/c1-16-6-11-20(15-17(16)2)24(28(3,26)27)14-4-5-21(25)23-13-12-18-7-9-19(22)10-8-18/h6-11,15H,4-5,12-14H2,1-3H3,(H,23,25). The van der Waals surface area contributed by atoms with Crippen LogP contribution in [0.4, 0.5) is 5.69 Å². The van der Waals surface area contributed by atoms with Gasteiger partial charge in [0.25, 0.3) is 0 Å². The van der Waals surface area contributed by atoms with E-state index >= 15 is 0 Å². The van der Waals surface area contributed by atoms with Crippen LogP contribution in [0.25, 0.3) is 0 Å². The topological polar surface area (TPSA) is 66.5 Å². The fraction of sp³-hybridized carbons (Fsp3) is 0.381. The molecule has 2 rings (SSSR count). The number of halogens is 1. The number of carbonyl (C=O) groups excluding carboxylic acids is 1. The number of sulfonamides is 1. The Morgan fingerprint density at radius 1 is 1.07 bits per heavy atom. The summed E-state index contributed by atoms with van der Waals surface area (Å²) >= 11 is 5.85. The highest BCUT2D eigenvalue weighted by Gasteiger charge is 2.18. The van der Waals surface area contributed by atoms with E-state index in [0.717, 1.165) is 23.1 Å². The van der Waals surface area contributed by atoms with Gasteiger partial charge in [-0.1, -0.05) is 29.8 Å². The smallest absolute Gasteiger partial charge is 0.232 e. The highest BCUT2D eigenvalue weighted by Crippen LogP contribution is 2.21. The molecular weight excluding hydrogens is 396 g/mol. The summed E-state index contributed by atoms with van der Waals surface area (Å²) in [6, 6.07) is 13.1. The fourth-order valence-corrected chi connectivity index (χ4v) is 3.92. The number of aryl methyl sites for hydroxylation is 2. The van der Waals surface area contributed by atoms with Gasteiger partial charge >= 0.3 is 0 Å². The average molecular weight is 423 g/mol. The molecule has 7 heteroatoms. The van der Waals surface area contributed by atoms with Gasteiger partial charge in [0.15, 0.2) is 0 Å². The van der Waals surface area contributed by atoms with Gasteiger partial charge in [0, 0.05) is 24.5 Å². The van der Waals surface area contributed by atoms with Crippen LogP contribution in [-0.2, 0) is 21.2 Å². The number of nitrogens with zero attached hydrogens (tertiary/aromatic N) is 1. The van der Waals surface area contributed by atoms with E-state index < -0.39 is 10.0 Å². The summed E-state index contributed by atoms with van der Waals surface area (Å²) in [5, 5.41) is 3.56. The maximum Gasteiger partial charge on any atom is 0.232 e. The van der Waals surface area contributed by atoms with Crippen molar-refractivity contribution in [1.29, 1.82) is 0 Å². The summed E-state index contributed by atoms with van der Waals surface area (Å²) in [6.07, 6.45) is 2.64. The summed E-state index contributed by atoms with van der Waals surface area (Å²) in [5.74, 6) is -0.0810. The van der Waals surface area contributed by atoms with Gasteiger partial charge in [-0.05, 0) is 67.6 Å². The first-order valence-electron chi connectivity index (χ1n) is 9.23. The molecule has 0 atom stereocenters. The van der Waals surface area contributed by atoms with Crippen LogP contribution >= 0.6 is 11.6 Å². The molecule has 0 aliphatic heterocycles. The number of hydrogen-bond donors (Lipinski definition) is 1. The van der Waals surface area contributed by atoms with Crippen LogP contribution in [0.1, 0.15) is 29.5 Å². The van der Waals surface area contributed by atoms with Crippen molar-refractivity contribution in [3.63, 3.8) is 0 Å². The van der Waals surface area contributed by atoms with E-state index in [0.29, 0.717) is 23.7 Å². The Kier molecular flexibility index (Phi) is 7.89. The number of anilines is 1. The number of benzene rings is 2. The fourth-order valence-electron chi connectivity index (χ4n) is 2.84. The van der Waals surface area contributed by atoms with Crippen molar-refractivity contribution >= 4 is 33.2 Å². The van der Waals surface area contributed by atoms with Crippen LogP contribution in [0.3, 0.4) is 0 Å². The van der Waals surface area contributed by atoms with Gasteiger partial charge in [0.05, 0.1) is 11.9 Å². The van der Waals surface area contributed by atoms with Crippen LogP contribution in [0.15, 0.2) is 42.5 Å². The molecule has 0 bridgehead atoms. The van der Waals surface area contributed by atoms with Crippen molar-refractivity contribution in [2.45, 2.75) is 33.1 Å². The minimum absolute atomic E-state index is 0.0810. The normalized spacial score (nSPS) is 11.3. The molecule has 0 aliphatic rings. The second kappa shape index (κ2) is 9.94. The SMILES string of the molecule is Cc1ccc(N(CCCC(=O)NCCc2ccc(Cl)cc2)S(C)(=O)=O)cc1C. The predicted molar refractivity (Wildman–Crippen MR) is 116 cm³/mol. The van der Waals surface area contributed by atoms with Crippen molar-refractivity contribution in [1.82, 2.24) is 5.32 Å². The van der Waals surface area contributed by atoms with E-state index in [1.807, 2.05) is 50.2 Å². The monoisotopic (exact) mass is 422 g/mol. The molecule has 1 N–H and O–H groups in total. The first-order chi connectivity index (χ1) is 13.2. The van der Waals surface area contributed by atoms with Crippen LogP contribution < -0.4 is 9.62 Å². The third-order valence-corrected chi connectivity index (χ3v) is 6.04. The van der Waals surface area contributed by atoms with Gasteiger partial charge in [-0.3, -0.25) is 9.10 Å². The molecule has 2 aromatic carbocycles. The highest BCUT2D eigenvalue weighted by atomic mass is 35.5. The number of rotatable bonds is 9. The Hall–Kier alpha value is -2.05. The zero-order valence-electron chi connectivity index (χ0n) is 16.5. The molecule has 0 spiro atoms. The summed E-state index contributed by atoms with van der Waals surface area (Å²) in [4.78, 5) is 12.1. The summed E-state index contributed by atoms with van der Waals surface area (Å²) in [6.45, 7) is 4.74. The maximum atomic E-state index is 12.2. The zero-order valence-corrected chi connectivity index (χ0v) is 18.1. The minimum Gasteiger partial charge on any atom is -0.356 e. The third kappa shape index (κ3) is 6.84. The number of hydrogen-bond acceptors (Lipinski definition) is 3. The second-order valence-electron chi connectivity index (χ2n) is 6.93. The average Bonchev–Trinajstić information content (AvgIpc) is 2.62. The largest absolute Gasteiger partial charge is 0.356 e. The van der Waals surface area contributed by atoms with E-state index in [1.165, 1.54) is 10.6 Å². The van der Waals surface area contributed by atoms with Crippen molar-refractivity contribution in [3.8, 4) is 0 Å². The Morgan fingerprint density at radius 2 is 1.75 bits per heavy atom. The third-order valence-electron chi connectivity index (χ3n) is 4.59. The van der Waals surface area contributed by atoms with Gasteiger partial charge in [0.1, 0.15) is 0 Å². The molecule has 0 unspecified atom stereocenters. The molecule has 0 saturated heterocycles. The lowest BCUT2D eigenvalue weighted by Gasteiger charge is -2.23. The van der Waals surface area contributed by atoms with Crippen LogP contribution in [-0.4, -0.2) is 33.7 Å². The molecule has 5 nitrogen and oxygen atoms in total. The Bertz CT molecular complexity index is 912. The van der Waals surface area contributed by atoms with Crippen molar-refractivity contribution < 1.29 is 13.2 Å². The van der Waals surface area contributed by atoms with Crippen molar-refractivity contribution in [2.24, 2.45) is 0 Å². The molecule has 0 heterocycles. The summed E-state index contributed by atoms with van der Waals surface area (Å²) in [5.41, 5.74) is 3.87. The van der Waals surface area contributed by atoms with Crippen LogP contribution in [0.2, 0.25) is 5.02 Å². The molecule has 0 saturated carbocycles. The van der Waals surface area contributed by atoms with E-state index in [1.54, 1.807) is 6.07 Å². The lowest BCUT2D eigenvalue weighted by molar-refractivity contribution is -0.121. The molecule has 2 aromatic rings. The zero-order chi connectivity index (χ0) is 20.7. The van der Waals surface area contributed by atoms with Crippen molar-refractivity contribution in [3.05, 3.63) is 64.2 Å². The summed E-state index contributed by atoms with van der Waals surface area (Å²) < 4.78 is 25.7. The molecule has 0 aromatic heterocycles. The molecule has 152 valence electrons. The number of carbonyl (C=O) groups is 1. The summed E-state index contributed by atoms with van der Waals surface area (Å²) in [7, 11) is -3.41. The molecule has 0 radical (unpaired) electrons. The van der Waals surface area contributed by atoms with Crippen LogP contribution in [0.5, 0.6) is 0 Å². The first-order valence-corrected chi connectivity index (χ1v) is 11.5. The minimum atomic E-state index is -3.41. The van der Waals surface area contributed by atoms with E-state index in [2.05, 4.69) is 5.32 Å².